The van der Waals surface area contributed by atoms with E-state index in [1.807, 2.05) is 24.0 Å². The Kier molecular flexibility index (Phi) is 7.41. The third-order valence-electron chi connectivity index (χ3n) is 3.10. The number of likely N-dealkylation sites (N-methyl/N-ethyl adjacent to an activating group) is 2. The first kappa shape index (κ1) is 16.8. The topological polar surface area (TPSA) is 44.4 Å². The minimum absolute atomic E-state index is 0.0170. The standard InChI is InChI=1S/C15H24ClN3O/c1-4-8-18-10-12-6-7-14(13(16)9-12)19(5-2)11-15(20)17-3/h6-7,9,18H,4-5,8,10-11H2,1-3H3,(H,17,20). The van der Waals surface area contributed by atoms with Crippen LogP contribution in [0.2, 0.25) is 5.02 Å². The molecule has 0 spiro atoms. The van der Waals surface area contributed by atoms with Gasteiger partial charge in [-0.15, -0.1) is 0 Å². The number of carbonyl (C=O) groups is 1. The van der Waals surface area contributed by atoms with E-state index in [2.05, 4.69) is 23.6 Å². The van der Waals surface area contributed by atoms with Crippen molar-refractivity contribution in [3.8, 4) is 0 Å². The van der Waals surface area contributed by atoms with Crippen LogP contribution in [-0.2, 0) is 11.3 Å². The Balaban J connectivity index is 2.76. The van der Waals surface area contributed by atoms with E-state index in [9.17, 15) is 4.79 Å². The normalized spacial score (nSPS) is 10.4. The highest BCUT2D eigenvalue weighted by atomic mass is 35.5. The first-order valence-electron chi connectivity index (χ1n) is 7.07. The van der Waals surface area contributed by atoms with Gasteiger partial charge in [0.05, 0.1) is 17.3 Å². The molecule has 0 heterocycles. The summed E-state index contributed by atoms with van der Waals surface area (Å²) in [6, 6.07) is 6.00. The van der Waals surface area contributed by atoms with E-state index in [0.29, 0.717) is 11.6 Å². The Bertz CT molecular complexity index is 437. The number of halogens is 1. The summed E-state index contributed by atoms with van der Waals surface area (Å²) in [5.74, 6) is -0.0170. The van der Waals surface area contributed by atoms with Crippen molar-refractivity contribution in [1.82, 2.24) is 10.6 Å². The summed E-state index contributed by atoms with van der Waals surface area (Å²) in [5, 5.41) is 6.66. The van der Waals surface area contributed by atoms with Crippen LogP contribution in [0.1, 0.15) is 25.8 Å². The minimum atomic E-state index is -0.0170. The molecule has 0 saturated carbocycles. The molecule has 1 aromatic rings. The molecule has 0 saturated heterocycles. The first-order chi connectivity index (χ1) is 9.62. The van der Waals surface area contributed by atoms with E-state index in [4.69, 9.17) is 11.6 Å². The van der Waals surface area contributed by atoms with Gasteiger partial charge < -0.3 is 15.5 Å². The Morgan fingerprint density at radius 3 is 2.65 bits per heavy atom. The molecule has 2 N–H and O–H groups in total. The Labute approximate surface area is 126 Å². The van der Waals surface area contributed by atoms with E-state index < -0.39 is 0 Å². The molecule has 0 aliphatic carbocycles. The van der Waals surface area contributed by atoms with Gasteiger partial charge in [0.15, 0.2) is 0 Å². The Morgan fingerprint density at radius 2 is 2.10 bits per heavy atom. The summed E-state index contributed by atoms with van der Waals surface area (Å²) >= 11 is 6.34. The molecular formula is C15H24ClN3O. The van der Waals surface area contributed by atoms with E-state index in [1.54, 1.807) is 7.05 Å². The number of anilines is 1. The Hall–Kier alpha value is -1.26. The monoisotopic (exact) mass is 297 g/mol. The van der Waals surface area contributed by atoms with Gasteiger partial charge >= 0.3 is 0 Å². The van der Waals surface area contributed by atoms with Crippen molar-refractivity contribution in [2.24, 2.45) is 0 Å². The van der Waals surface area contributed by atoms with Gasteiger partial charge in [0.1, 0.15) is 0 Å². The third-order valence-corrected chi connectivity index (χ3v) is 3.41. The summed E-state index contributed by atoms with van der Waals surface area (Å²) in [6.45, 7) is 7.02. The molecule has 0 fully saturated rings. The third kappa shape index (κ3) is 5.02. The highest BCUT2D eigenvalue weighted by molar-refractivity contribution is 6.33. The van der Waals surface area contributed by atoms with Crippen LogP contribution in [0.25, 0.3) is 0 Å². The fourth-order valence-corrected chi connectivity index (χ4v) is 2.27. The van der Waals surface area contributed by atoms with Gasteiger partial charge in [0, 0.05) is 20.1 Å². The maximum atomic E-state index is 11.5. The smallest absolute Gasteiger partial charge is 0.239 e. The van der Waals surface area contributed by atoms with Crippen molar-refractivity contribution < 1.29 is 4.79 Å². The van der Waals surface area contributed by atoms with Crippen molar-refractivity contribution in [2.45, 2.75) is 26.8 Å². The molecule has 5 heteroatoms. The maximum Gasteiger partial charge on any atom is 0.239 e. The second-order valence-corrected chi connectivity index (χ2v) is 5.06. The second kappa shape index (κ2) is 8.82. The summed E-state index contributed by atoms with van der Waals surface area (Å²) in [5.41, 5.74) is 2.06. The van der Waals surface area contributed by atoms with Crippen LogP contribution >= 0.6 is 11.6 Å². The zero-order valence-electron chi connectivity index (χ0n) is 12.5. The van der Waals surface area contributed by atoms with Gasteiger partial charge in [0.25, 0.3) is 0 Å². The molecule has 0 aliphatic rings. The number of hydrogen-bond acceptors (Lipinski definition) is 3. The van der Waals surface area contributed by atoms with Crippen LogP contribution in [-0.4, -0.2) is 32.6 Å². The fourth-order valence-electron chi connectivity index (χ4n) is 1.95. The average molecular weight is 298 g/mol. The van der Waals surface area contributed by atoms with Crippen molar-refractivity contribution in [1.29, 1.82) is 0 Å². The quantitative estimate of drug-likeness (QED) is 0.724. The van der Waals surface area contributed by atoms with Crippen LogP contribution < -0.4 is 15.5 Å². The van der Waals surface area contributed by atoms with E-state index in [1.165, 1.54) is 0 Å². The minimum Gasteiger partial charge on any atom is -0.361 e. The molecule has 0 unspecified atom stereocenters. The van der Waals surface area contributed by atoms with Crippen LogP contribution in [0.4, 0.5) is 5.69 Å². The molecule has 0 bridgehead atoms. The lowest BCUT2D eigenvalue weighted by Crippen LogP contribution is -2.35. The number of rotatable bonds is 8. The van der Waals surface area contributed by atoms with Crippen molar-refractivity contribution in [2.75, 3.05) is 31.6 Å². The SMILES string of the molecule is CCCNCc1ccc(N(CC)CC(=O)NC)c(Cl)c1. The van der Waals surface area contributed by atoms with E-state index in [0.717, 1.165) is 37.3 Å². The molecule has 1 amide bonds. The van der Waals surface area contributed by atoms with Crippen LogP contribution in [0, 0.1) is 0 Å². The van der Waals surface area contributed by atoms with Gasteiger partial charge in [-0.2, -0.15) is 0 Å². The number of carbonyl (C=O) groups excluding carboxylic acids is 1. The fraction of sp³-hybridized carbons (Fsp3) is 0.533. The van der Waals surface area contributed by atoms with E-state index in [-0.39, 0.29) is 5.91 Å². The molecule has 0 aromatic heterocycles. The molecule has 4 nitrogen and oxygen atoms in total. The van der Waals surface area contributed by atoms with Crippen molar-refractivity contribution in [3.63, 3.8) is 0 Å². The van der Waals surface area contributed by atoms with Gasteiger partial charge in [-0.1, -0.05) is 24.6 Å². The van der Waals surface area contributed by atoms with Gasteiger partial charge in [-0.3, -0.25) is 4.79 Å². The molecule has 112 valence electrons. The predicted octanol–water partition coefficient (Wildman–Crippen LogP) is 2.41. The van der Waals surface area contributed by atoms with Gasteiger partial charge in [0.2, 0.25) is 5.91 Å². The molecule has 0 aliphatic heterocycles. The predicted molar refractivity (Wildman–Crippen MR) is 85.4 cm³/mol. The van der Waals surface area contributed by atoms with Crippen LogP contribution in [0.3, 0.4) is 0 Å². The van der Waals surface area contributed by atoms with E-state index >= 15 is 0 Å². The number of hydrogen-bond donors (Lipinski definition) is 2. The first-order valence-corrected chi connectivity index (χ1v) is 7.44. The van der Waals surface area contributed by atoms with Crippen molar-refractivity contribution >= 4 is 23.2 Å². The lowest BCUT2D eigenvalue weighted by molar-refractivity contribution is -0.119. The molecule has 0 radical (unpaired) electrons. The van der Waals surface area contributed by atoms with Gasteiger partial charge in [-0.25, -0.2) is 0 Å². The number of nitrogens with zero attached hydrogens (tertiary/aromatic N) is 1. The summed E-state index contributed by atoms with van der Waals surface area (Å²) in [6.07, 6.45) is 1.11. The molecule has 1 rings (SSSR count). The van der Waals surface area contributed by atoms with Crippen molar-refractivity contribution in [3.05, 3.63) is 28.8 Å². The second-order valence-electron chi connectivity index (χ2n) is 4.65. The van der Waals surface area contributed by atoms with Crippen LogP contribution in [0.15, 0.2) is 18.2 Å². The molecule has 20 heavy (non-hydrogen) atoms. The number of amides is 1. The lowest BCUT2D eigenvalue weighted by atomic mass is 10.2. The zero-order chi connectivity index (χ0) is 15.0. The highest BCUT2D eigenvalue weighted by Crippen LogP contribution is 2.26. The summed E-state index contributed by atoms with van der Waals surface area (Å²) in [4.78, 5) is 13.5. The molecule has 1 aromatic carbocycles. The number of nitrogens with one attached hydrogen (secondary N) is 2. The number of benzene rings is 1. The molecular weight excluding hydrogens is 274 g/mol. The summed E-state index contributed by atoms with van der Waals surface area (Å²) in [7, 11) is 1.64. The molecule has 0 atom stereocenters. The van der Waals surface area contributed by atoms with Crippen LogP contribution in [0.5, 0.6) is 0 Å². The average Bonchev–Trinajstić information content (AvgIpc) is 2.45. The largest absolute Gasteiger partial charge is 0.361 e. The van der Waals surface area contributed by atoms with Gasteiger partial charge in [-0.05, 0) is 37.6 Å². The highest BCUT2D eigenvalue weighted by Gasteiger charge is 2.12. The lowest BCUT2D eigenvalue weighted by Gasteiger charge is -2.23. The zero-order valence-corrected chi connectivity index (χ0v) is 13.3. The maximum absolute atomic E-state index is 11.5. The summed E-state index contributed by atoms with van der Waals surface area (Å²) < 4.78 is 0. The Morgan fingerprint density at radius 1 is 1.35 bits per heavy atom.